The minimum absolute atomic E-state index is 0.110. The van der Waals surface area contributed by atoms with E-state index in [1.165, 1.54) is 57.8 Å². The van der Waals surface area contributed by atoms with Gasteiger partial charge in [-0.1, -0.05) is 54.4 Å². The van der Waals surface area contributed by atoms with E-state index in [4.69, 9.17) is 4.74 Å². The van der Waals surface area contributed by atoms with E-state index < -0.39 is 0 Å². The van der Waals surface area contributed by atoms with E-state index in [9.17, 15) is 10.2 Å². The van der Waals surface area contributed by atoms with E-state index in [1.807, 2.05) is 0 Å². The van der Waals surface area contributed by atoms with Gasteiger partial charge in [0.1, 0.15) is 0 Å². The summed E-state index contributed by atoms with van der Waals surface area (Å²) in [5.74, 6) is 5.09. The van der Waals surface area contributed by atoms with Gasteiger partial charge in [-0.15, -0.1) is 0 Å². The highest BCUT2D eigenvalue weighted by molar-refractivity contribution is 7.80. The van der Waals surface area contributed by atoms with Crippen molar-refractivity contribution in [3.63, 3.8) is 0 Å². The Hall–Kier alpha value is 0.230. The summed E-state index contributed by atoms with van der Waals surface area (Å²) in [7, 11) is 0. The number of hydrogen-bond acceptors (Lipinski definition) is 4. The molecule has 0 bridgehead atoms. The fraction of sp³-hybridized carbons (Fsp3) is 1.00. The van der Waals surface area contributed by atoms with Crippen molar-refractivity contribution in [1.29, 1.82) is 0 Å². The van der Waals surface area contributed by atoms with Crippen LogP contribution >= 0.6 is 12.6 Å². The molecule has 1 saturated heterocycles. The van der Waals surface area contributed by atoms with Gasteiger partial charge in [0.25, 0.3) is 0 Å². The number of aliphatic hydroxyl groups is 2. The molecule has 1 aliphatic heterocycles. The van der Waals surface area contributed by atoms with E-state index in [-0.39, 0.29) is 23.5 Å². The molecule has 2 N–H and O–H groups in total. The van der Waals surface area contributed by atoms with Crippen LogP contribution in [0.2, 0.25) is 0 Å². The molecule has 0 spiro atoms. The van der Waals surface area contributed by atoms with Crippen LogP contribution in [0, 0.1) is 52.3 Å². The Morgan fingerprint density at radius 1 is 0.973 bits per heavy atom. The van der Waals surface area contributed by atoms with Gasteiger partial charge in [-0.2, -0.15) is 12.6 Å². The molecule has 216 valence electrons. The zero-order valence-electron chi connectivity index (χ0n) is 25.0. The number of aliphatic hydroxyl groups excluding tert-OH is 2. The predicted octanol–water partition coefficient (Wildman–Crippen LogP) is 7.92. The van der Waals surface area contributed by atoms with Crippen LogP contribution < -0.4 is 0 Å². The van der Waals surface area contributed by atoms with Crippen molar-refractivity contribution in [1.82, 2.24) is 0 Å². The fourth-order valence-corrected chi connectivity index (χ4v) is 10.4. The SMILES string of the molecule is CCC1OC(CC2CCC(C)C2CCC(C)S)CC1CCC1C(C)CCC2C(C)(CO)C(O)CCC12C. The second kappa shape index (κ2) is 12.4. The molecule has 1 heterocycles. The lowest BCUT2D eigenvalue weighted by Crippen LogP contribution is -2.58. The average Bonchev–Trinajstić information content (AvgIpc) is 3.42. The number of thiol groups is 1. The Bertz CT molecular complexity index is 728. The van der Waals surface area contributed by atoms with Crippen LogP contribution in [0.25, 0.3) is 0 Å². The molecule has 4 heteroatoms. The summed E-state index contributed by atoms with van der Waals surface area (Å²) in [5.41, 5.74) is -0.120. The summed E-state index contributed by atoms with van der Waals surface area (Å²) in [6.07, 6.45) is 16.5. The van der Waals surface area contributed by atoms with Gasteiger partial charge >= 0.3 is 0 Å². The van der Waals surface area contributed by atoms with Crippen molar-refractivity contribution in [3.05, 3.63) is 0 Å². The predicted molar refractivity (Wildman–Crippen MR) is 158 cm³/mol. The first kappa shape index (κ1) is 30.2. The Balaban J connectivity index is 1.38. The molecular weight excluding hydrogens is 476 g/mol. The van der Waals surface area contributed by atoms with Gasteiger partial charge in [0.15, 0.2) is 0 Å². The van der Waals surface area contributed by atoms with Crippen LogP contribution in [-0.4, -0.2) is 40.4 Å². The molecule has 3 nitrogen and oxygen atoms in total. The normalized spacial score (nSPS) is 49.2. The first-order valence-electron chi connectivity index (χ1n) is 16.2. The number of fused-ring (bicyclic) bond motifs is 1. The summed E-state index contributed by atoms with van der Waals surface area (Å²) < 4.78 is 6.78. The maximum absolute atomic E-state index is 10.9. The highest BCUT2D eigenvalue weighted by atomic mass is 32.1. The van der Waals surface area contributed by atoms with Gasteiger partial charge in [-0.25, -0.2) is 0 Å². The molecule has 0 amide bonds. The maximum Gasteiger partial charge on any atom is 0.0618 e. The standard InChI is InChI=1S/C33H60O3S/c1-7-29-25(19-26(36-29)18-24-11-8-21(2)27(24)13-10-23(4)37)12-14-28-22(3)9-15-30-32(28,5)17-16-31(35)33(30,6)20-34/h21-31,34-35,37H,7-20H2,1-6H3. The Labute approximate surface area is 234 Å². The van der Waals surface area contributed by atoms with Crippen LogP contribution in [-0.2, 0) is 4.74 Å². The summed E-state index contributed by atoms with van der Waals surface area (Å²) in [4.78, 5) is 0. The second-order valence-electron chi connectivity index (χ2n) is 14.9. The molecule has 3 aliphatic carbocycles. The fourth-order valence-electron chi connectivity index (χ4n) is 10.3. The molecule has 0 aromatic heterocycles. The van der Waals surface area contributed by atoms with Gasteiger partial charge in [-0.05, 0) is 123 Å². The van der Waals surface area contributed by atoms with Crippen LogP contribution in [0.5, 0.6) is 0 Å². The quantitative estimate of drug-likeness (QED) is 0.249. The Kier molecular flexibility index (Phi) is 10.1. The topological polar surface area (TPSA) is 49.7 Å². The van der Waals surface area contributed by atoms with Gasteiger partial charge in [-0.3, -0.25) is 0 Å². The largest absolute Gasteiger partial charge is 0.396 e. The van der Waals surface area contributed by atoms with Gasteiger partial charge in [0, 0.05) is 5.41 Å². The number of rotatable bonds is 10. The van der Waals surface area contributed by atoms with E-state index in [0.29, 0.717) is 35.2 Å². The summed E-state index contributed by atoms with van der Waals surface area (Å²) in [6, 6.07) is 0. The molecular formula is C33H60O3S. The average molecular weight is 537 g/mol. The van der Waals surface area contributed by atoms with E-state index in [1.54, 1.807) is 0 Å². The van der Waals surface area contributed by atoms with Crippen molar-refractivity contribution in [2.75, 3.05) is 6.61 Å². The van der Waals surface area contributed by atoms with E-state index in [2.05, 4.69) is 54.2 Å². The first-order valence-corrected chi connectivity index (χ1v) is 16.7. The second-order valence-corrected chi connectivity index (χ2v) is 15.7. The van der Waals surface area contributed by atoms with Gasteiger partial charge < -0.3 is 14.9 Å². The monoisotopic (exact) mass is 536 g/mol. The third-order valence-corrected chi connectivity index (χ3v) is 12.9. The van der Waals surface area contributed by atoms with Crippen molar-refractivity contribution in [3.8, 4) is 0 Å². The molecule has 4 fully saturated rings. The molecule has 37 heavy (non-hydrogen) atoms. The summed E-state index contributed by atoms with van der Waals surface area (Å²) >= 11 is 4.66. The van der Waals surface area contributed by atoms with E-state index in [0.717, 1.165) is 49.4 Å². The highest BCUT2D eigenvalue weighted by Crippen LogP contribution is 2.62. The lowest BCUT2D eigenvalue weighted by atomic mass is 9.45. The lowest BCUT2D eigenvalue weighted by Gasteiger charge is -2.61. The molecule has 0 aromatic rings. The maximum atomic E-state index is 10.9. The van der Waals surface area contributed by atoms with Gasteiger partial charge in [0.05, 0.1) is 24.9 Å². The van der Waals surface area contributed by atoms with Crippen LogP contribution in [0.1, 0.15) is 125 Å². The third-order valence-electron chi connectivity index (χ3n) is 12.6. The molecule has 13 unspecified atom stereocenters. The molecule has 0 radical (unpaired) electrons. The minimum atomic E-state index is -0.365. The van der Waals surface area contributed by atoms with Crippen LogP contribution in [0.15, 0.2) is 0 Å². The van der Waals surface area contributed by atoms with E-state index >= 15 is 0 Å². The molecule has 13 atom stereocenters. The van der Waals surface area contributed by atoms with Crippen molar-refractivity contribution < 1.29 is 14.9 Å². The smallest absolute Gasteiger partial charge is 0.0618 e. The van der Waals surface area contributed by atoms with Crippen LogP contribution in [0.4, 0.5) is 0 Å². The number of hydrogen-bond donors (Lipinski definition) is 3. The van der Waals surface area contributed by atoms with Gasteiger partial charge in [0.2, 0.25) is 0 Å². The zero-order chi connectivity index (χ0) is 27.0. The van der Waals surface area contributed by atoms with Crippen molar-refractivity contribution in [2.24, 2.45) is 52.3 Å². The lowest BCUT2D eigenvalue weighted by molar-refractivity contribution is -0.172. The highest BCUT2D eigenvalue weighted by Gasteiger charge is 2.58. The van der Waals surface area contributed by atoms with Crippen molar-refractivity contribution in [2.45, 2.75) is 149 Å². The van der Waals surface area contributed by atoms with Crippen LogP contribution in [0.3, 0.4) is 0 Å². The zero-order valence-corrected chi connectivity index (χ0v) is 25.9. The number of ether oxygens (including phenoxy) is 1. The molecule has 0 aromatic carbocycles. The molecule has 3 saturated carbocycles. The third kappa shape index (κ3) is 6.13. The Morgan fingerprint density at radius 3 is 2.38 bits per heavy atom. The first-order chi connectivity index (χ1) is 17.5. The molecule has 4 rings (SSSR count). The van der Waals surface area contributed by atoms with Crippen molar-refractivity contribution >= 4 is 12.6 Å². The Morgan fingerprint density at radius 2 is 1.70 bits per heavy atom. The summed E-state index contributed by atoms with van der Waals surface area (Å²) in [5, 5.41) is 21.7. The molecule has 4 aliphatic rings. The minimum Gasteiger partial charge on any atom is -0.396 e. The summed E-state index contributed by atoms with van der Waals surface area (Å²) in [6.45, 7) is 14.3.